The van der Waals surface area contributed by atoms with Crippen LogP contribution in [0.2, 0.25) is 0 Å². The SMILES string of the molecule is CC(C)[C@H](C)CC(O)(C(F)(F)F)C(F)(F)F. The van der Waals surface area contributed by atoms with E-state index in [1.54, 1.807) is 0 Å². The molecule has 0 aromatic rings. The van der Waals surface area contributed by atoms with E-state index in [4.69, 9.17) is 5.11 Å². The lowest BCUT2D eigenvalue weighted by Crippen LogP contribution is -2.57. The molecule has 0 aliphatic rings. The fourth-order valence-corrected chi connectivity index (χ4v) is 1.09. The molecule has 0 aliphatic heterocycles. The highest BCUT2D eigenvalue weighted by Crippen LogP contribution is 2.47. The van der Waals surface area contributed by atoms with Crippen LogP contribution in [-0.4, -0.2) is 23.1 Å². The van der Waals surface area contributed by atoms with Gasteiger partial charge in [-0.25, -0.2) is 0 Å². The van der Waals surface area contributed by atoms with Gasteiger partial charge in [0, 0.05) is 0 Å². The Labute approximate surface area is 89.4 Å². The zero-order chi connectivity index (χ0) is 13.4. The molecule has 1 N–H and O–H groups in total. The van der Waals surface area contributed by atoms with Crippen molar-refractivity contribution in [2.45, 2.75) is 45.1 Å². The maximum absolute atomic E-state index is 12.3. The molecular formula is C9H14F6O. The van der Waals surface area contributed by atoms with Crippen molar-refractivity contribution < 1.29 is 31.4 Å². The fraction of sp³-hybridized carbons (Fsp3) is 1.00. The number of aliphatic hydroxyl groups is 1. The van der Waals surface area contributed by atoms with Crippen LogP contribution in [0.1, 0.15) is 27.2 Å². The van der Waals surface area contributed by atoms with Gasteiger partial charge in [-0.1, -0.05) is 20.8 Å². The summed E-state index contributed by atoms with van der Waals surface area (Å²) >= 11 is 0. The molecule has 0 heterocycles. The summed E-state index contributed by atoms with van der Waals surface area (Å²) in [7, 11) is 0. The molecule has 0 fully saturated rings. The van der Waals surface area contributed by atoms with Gasteiger partial charge in [0.2, 0.25) is 0 Å². The highest BCUT2D eigenvalue weighted by molar-refractivity contribution is 4.95. The third-order valence-electron chi connectivity index (χ3n) is 2.69. The van der Waals surface area contributed by atoms with Crippen LogP contribution >= 0.6 is 0 Å². The largest absolute Gasteiger partial charge is 0.426 e. The maximum Gasteiger partial charge on any atom is 0.426 e. The molecule has 1 nitrogen and oxygen atoms in total. The second-order valence-electron chi connectivity index (χ2n) is 4.28. The van der Waals surface area contributed by atoms with Gasteiger partial charge in [0.1, 0.15) is 0 Å². The van der Waals surface area contributed by atoms with Gasteiger partial charge in [-0.15, -0.1) is 0 Å². The summed E-state index contributed by atoms with van der Waals surface area (Å²) in [4.78, 5) is 0. The average molecular weight is 252 g/mol. The molecule has 98 valence electrons. The second-order valence-corrected chi connectivity index (χ2v) is 4.28. The highest BCUT2D eigenvalue weighted by atomic mass is 19.4. The van der Waals surface area contributed by atoms with Crippen molar-refractivity contribution in [3.8, 4) is 0 Å². The van der Waals surface area contributed by atoms with Crippen LogP contribution in [0.5, 0.6) is 0 Å². The minimum atomic E-state index is -5.71. The van der Waals surface area contributed by atoms with E-state index in [1.807, 2.05) is 0 Å². The van der Waals surface area contributed by atoms with E-state index in [-0.39, 0.29) is 5.92 Å². The third-order valence-corrected chi connectivity index (χ3v) is 2.69. The molecular weight excluding hydrogens is 238 g/mol. The fourth-order valence-electron chi connectivity index (χ4n) is 1.09. The van der Waals surface area contributed by atoms with Crippen molar-refractivity contribution in [1.82, 2.24) is 0 Å². The molecule has 1 atom stereocenters. The van der Waals surface area contributed by atoms with Gasteiger partial charge >= 0.3 is 12.4 Å². The molecule has 16 heavy (non-hydrogen) atoms. The predicted octanol–water partition coefficient (Wildman–Crippen LogP) is 3.52. The Balaban J connectivity index is 5.14. The van der Waals surface area contributed by atoms with Gasteiger partial charge in [-0.2, -0.15) is 26.3 Å². The molecule has 0 amide bonds. The van der Waals surface area contributed by atoms with E-state index in [1.165, 1.54) is 20.8 Å². The molecule has 0 unspecified atom stereocenters. The van der Waals surface area contributed by atoms with Gasteiger partial charge < -0.3 is 5.11 Å². The number of alkyl halides is 6. The number of rotatable bonds is 3. The Morgan fingerprint density at radius 1 is 0.875 bits per heavy atom. The molecule has 7 heteroatoms. The molecule has 0 spiro atoms. The summed E-state index contributed by atoms with van der Waals surface area (Å²) in [6, 6.07) is 0. The van der Waals surface area contributed by atoms with E-state index < -0.39 is 30.3 Å². The standard InChI is InChI=1S/C9H14F6O/c1-5(2)6(3)4-7(16,8(10,11)12)9(13,14)15/h5-6,16H,4H2,1-3H3/t6-/m1/s1. The normalized spacial score (nSPS) is 16.7. The van der Waals surface area contributed by atoms with Crippen LogP contribution in [0.3, 0.4) is 0 Å². The zero-order valence-electron chi connectivity index (χ0n) is 9.08. The lowest BCUT2D eigenvalue weighted by molar-refractivity contribution is -0.373. The smallest absolute Gasteiger partial charge is 0.374 e. The third kappa shape index (κ3) is 3.02. The zero-order valence-corrected chi connectivity index (χ0v) is 9.08. The summed E-state index contributed by atoms with van der Waals surface area (Å²) in [5.74, 6) is -1.27. The Kier molecular flexibility index (Phi) is 4.30. The maximum atomic E-state index is 12.3. The van der Waals surface area contributed by atoms with Gasteiger partial charge in [-0.3, -0.25) is 0 Å². The summed E-state index contributed by atoms with van der Waals surface area (Å²) in [6.07, 6.45) is -12.8. The van der Waals surface area contributed by atoms with Crippen LogP contribution in [0.4, 0.5) is 26.3 Å². The van der Waals surface area contributed by atoms with E-state index in [0.717, 1.165) is 0 Å². The Bertz CT molecular complexity index is 215. The van der Waals surface area contributed by atoms with Crippen molar-refractivity contribution in [1.29, 1.82) is 0 Å². The number of halogens is 6. The minimum absolute atomic E-state index is 0.378. The molecule has 0 rings (SSSR count). The first kappa shape index (κ1) is 15.5. The van der Waals surface area contributed by atoms with Gasteiger partial charge in [-0.05, 0) is 18.3 Å². The first-order valence-corrected chi connectivity index (χ1v) is 4.68. The van der Waals surface area contributed by atoms with Crippen LogP contribution in [-0.2, 0) is 0 Å². The second kappa shape index (κ2) is 4.43. The first-order valence-electron chi connectivity index (χ1n) is 4.68. The van der Waals surface area contributed by atoms with E-state index in [2.05, 4.69) is 0 Å². The topological polar surface area (TPSA) is 20.2 Å². The Morgan fingerprint density at radius 2 is 1.19 bits per heavy atom. The van der Waals surface area contributed by atoms with Crippen molar-refractivity contribution in [2.75, 3.05) is 0 Å². The van der Waals surface area contributed by atoms with Crippen LogP contribution in [0, 0.1) is 11.8 Å². The molecule has 0 saturated heterocycles. The first-order chi connectivity index (χ1) is 6.83. The van der Waals surface area contributed by atoms with Crippen molar-refractivity contribution in [3.05, 3.63) is 0 Å². The van der Waals surface area contributed by atoms with Crippen LogP contribution in [0.15, 0.2) is 0 Å². The number of hydrogen-bond donors (Lipinski definition) is 1. The molecule has 0 aromatic heterocycles. The molecule has 0 saturated carbocycles. The van der Waals surface area contributed by atoms with Crippen molar-refractivity contribution in [3.63, 3.8) is 0 Å². The molecule has 0 aliphatic carbocycles. The van der Waals surface area contributed by atoms with Crippen molar-refractivity contribution in [2.24, 2.45) is 11.8 Å². The van der Waals surface area contributed by atoms with Crippen molar-refractivity contribution >= 4 is 0 Å². The Hall–Kier alpha value is -0.460. The van der Waals surface area contributed by atoms with E-state index in [9.17, 15) is 26.3 Å². The average Bonchev–Trinajstić information content (AvgIpc) is 1.99. The van der Waals surface area contributed by atoms with Crippen LogP contribution in [0.25, 0.3) is 0 Å². The summed E-state index contributed by atoms with van der Waals surface area (Å²) in [6.45, 7) is 4.24. The molecule has 0 radical (unpaired) electrons. The summed E-state index contributed by atoms with van der Waals surface area (Å²) in [5.41, 5.74) is -4.62. The van der Waals surface area contributed by atoms with Crippen LogP contribution < -0.4 is 0 Å². The molecule has 0 aromatic carbocycles. The minimum Gasteiger partial charge on any atom is -0.374 e. The summed E-state index contributed by atoms with van der Waals surface area (Å²) < 4.78 is 73.5. The van der Waals surface area contributed by atoms with Gasteiger partial charge in [0.25, 0.3) is 5.60 Å². The Morgan fingerprint density at radius 3 is 1.38 bits per heavy atom. The summed E-state index contributed by atoms with van der Waals surface area (Å²) in [5, 5.41) is 8.85. The van der Waals surface area contributed by atoms with E-state index >= 15 is 0 Å². The highest BCUT2D eigenvalue weighted by Gasteiger charge is 2.70. The monoisotopic (exact) mass is 252 g/mol. The quantitative estimate of drug-likeness (QED) is 0.762. The van der Waals surface area contributed by atoms with Gasteiger partial charge in [0.15, 0.2) is 0 Å². The lowest BCUT2D eigenvalue weighted by atomic mass is 9.84. The predicted molar refractivity (Wildman–Crippen MR) is 45.7 cm³/mol. The van der Waals surface area contributed by atoms with Gasteiger partial charge in [0.05, 0.1) is 0 Å². The van der Waals surface area contributed by atoms with E-state index in [0.29, 0.717) is 0 Å². The molecule has 0 bridgehead atoms. The lowest BCUT2D eigenvalue weighted by Gasteiger charge is -2.35. The number of hydrogen-bond acceptors (Lipinski definition) is 1.